The van der Waals surface area contributed by atoms with Gasteiger partial charge in [0.2, 0.25) is 0 Å². The van der Waals surface area contributed by atoms with Crippen LogP contribution in [0, 0.1) is 12.8 Å². The third-order valence-corrected chi connectivity index (χ3v) is 6.50. The molecular formula is C32H29NO4. The first-order valence-electron chi connectivity index (χ1n) is 12.4. The molecule has 1 unspecified atom stereocenters. The summed E-state index contributed by atoms with van der Waals surface area (Å²) in [5.74, 6) is -0.601. The van der Waals surface area contributed by atoms with Crippen LogP contribution in [-0.2, 0) is 9.59 Å². The van der Waals surface area contributed by atoms with Crippen LogP contribution in [0.25, 0.3) is 16.5 Å². The second-order valence-corrected chi connectivity index (χ2v) is 9.85. The quantitative estimate of drug-likeness (QED) is 0.183. The van der Waals surface area contributed by atoms with Crippen molar-refractivity contribution in [3.8, 4) is 5.75 Å². The first kappa shape index (κ1) is 24.3. The molecule has 0 radical (unpaired) electrons. The molecular weight excluding hydrogens is 462 g/mol. The van der Waals surface area contributed by atoms with E-state index in [0.29, 0.717) is 35.1 Å². The Morgan fingerprint density at radius 1 is 0.892 bits per heavy atom. The Kier molecular flexibility index (Phi) is 6.53. The van der Waals surface area contributed by atoms with Gasteiger partial charge in [0.25, 0.3) is 11.7 Å². The van der Waals surface area contributed by atoms with Crippen LogP contribution >= 0.6 is 0 Å². The van der Waals surface area contributed by atoms with Gasteiger partial charge in [-0.1, -0.05) is 74.5 Å². The highest BCUT2D eigenvalue weighted by molar-refractivity contribution is 6.51. The molecule has 1 aliphatic rings. The Hall–Kier alpha value is -4.38. The lowest BCUT2D eigenvalue weighted by Crippen LogP contribution is -2.29. The summed E-state index contributed by atoms with van der Waals surface area (Å²) in [6.07, 6.45) is 0. The Bertz CT molecular complexity index is 1530. The molecule has 1 amide bonds. The van der Waals surface area contributed by atoms with E-state index >= 15 is 0 Å². The van der Waals surface area contributed by atoms with Gasteiger partial charge in [-0.25, -0.2) is 0 Å². The molecule has 1 aliphatic heterocycles. The van der Waals surface area contributed by atoms with Crippen molar-refractivity contribution in [2.75, 3.05) is 11.5 Å². The van der Waals surface area contributed by atoms with Gasteiger partial charge >= 0.3 is 0 Å². The molecule has 1 heterocycles. The maximum atomic E-state index is 13.5. The summed E-state index contributed by atoms with van der Waals surface area (Å²) in [5.41, 5.74) is 2.78. The number of aliphatic hydroxyl groups excluding tert-OH is 1. The average Bonchev–Trinajstić information content (AvgIpc) is 3.17. The lowest BCUT2D eigenvalue weighted by atomic mass is 9.94. The van der Waals surface area contributed by atoms with Crippen molar-refractivity contribution in [2.45, 2.75) is 26.8 Å². The molecule has 4 aromatic carbocycles. The van der Waals surface area contributed by atoms with Gasteiger partial charge in [0.1, 0.15) is 11.5 Å². The second-order valence-electron chi connectivity index (χ2n) is 9.85. The topological polar surface area (TPSA) is 66.8 Å². The van der Waals surface area contributed by atoms with E-state index in [9.17, 15) is 14.7 Å². The van der Waals surface area contributed by atoms with Crippen LogP contribution in [0.15, 0.2) is 96.6 Å². The summed E-state index contributed by atoms with van der Waals surface area (Å²) in [4.78, 5) is 28.4. The number of fused-ring (bicyclic) bond motifs is 1. The molecule has 5 heteroatoms. The number of Topliss-reactive ketones (excluding diaryl/α,β-unsaturated/α-hetero) is 1. The van der Waals surface area contributed by atoms with Gasteiger partial charge in [-0.15, -0.1) is 0 Å². The van der Waals surface area contributed by atoms with Crippen LogP contribution in [-0.4, -0.2) is 23.4 Å². The summed E-state index contributed by atoms with van der Waals surface area (Å²) in [6.45, 7) is 6.61. The predicted molar refractivity (Wildman–Crippen MR) is 147 cm³/mol. The fourth-order valence-electron chi connectivity index (χ4n) is 4.72. The Labute approximate surface area is 216 Å². The highest BCUT2D eigenvalue weighted by Crippen LogP contribution is 2.43. The number of hydrogen-bond donors (Lipinski definition) is 1. The standard InChI is InChI=1S/C32H29NO4/c1-20(2)19-37-27-13-7-11-24(18-27)29-28(30(34)25-15-14-22-9-4-5-10-23(22)17-25)31(35)32(36)33(29)26-12-6-8-21(3)16-26/h4-18,20,29,34H,19H2,1-3H3/b30-28-. The van der Waals surface area contributed by atoms with Gasteiger partial charge in [-0.2, -0.15) is 0 Å². The number of carbonyl (C=O) groups excluding carboxylic acids is 2. The van der Waals surface area contributed by atoms with Crippen LogP contribution in [0.4, 0.5) is 5.69 Å². The fraction of sp³-hybridized carbons (Fsp3) is 0.188. The maximum Gasteiger partial charge on any atom is 0.300 e. The molecule has 0 aliphatic carbocycles. The largest absolute Gasteiger partial charge is 0.507 e. The Morgan fingerprint density at radius 3 is 2.41 bits per heavy atom. The first-order valence-corrected chi connectivity index (χ1v) is 12.4. The molecule has 1 saturated heterocycles. The zero-order chi connectivity index (χ0) is 26.1. The minimum atomic E-state index is -0.809. The number of anilines is 1. The summed E-state index contributed by atoms with van der Waals surface area (Å²) in [6, 6.07) is 27.4. The van der Waals surface area contributed by atoms with Crippen molar-refractivity contribution in [3.05, 3.63) is 113 Å². The number of aryl methyl sites for hydroxylation is 1. The Morgan fingerprint density at radius 2 is 1.65 bits per heavy atom. The number of aliphatic hydroxyl groups is 1. The third-order valence-electron chi connectivity index (χ3n) is 6.50. The summed E-state index contributed by atoms with van der Waals surface area (Å²) < 4.78 is 5.94. The van der Waals surface area contributed by atoms with Crippen LogP contribution in [0.5, 0.6) is 5.75 Å². The Balaban J connectivity index is 1.69. The molecule has 1 N–H and O–H groups in total. The monoisotopic (exact) mass is 491 g/mol. The van der Waals surface area contributed by atoms with Gasteiger partial charge < -0.3 is 9.84 Å². The van der Waals surface area contributed by atoms with Crippen molar-refractivity contribution in [1.82, 2.24) is 0 Å². The molecule has 0 spiro atoms. The zero-order valence-corrected chi connectivity index (χ0v) is 21.1. The van der Waals surface area contributed by atoms with Gasteiger partial charge in [-0.05, 0) is 65.1 Å². The van der Waals surface area contributed by atoms with E-state index in [1.165, 1.54) is 4.90 Å². The van der Waals surface area contributed by atoms with E-state index in [2.05, 4.69) is 13.8 Å². The molecule has 0 saturated carbocycles. The van der Waals surface area contributed by atoms with E-state index < -0.39 is 17.7 Å². The molecule has 186 valence electrons. The summed E-state index contributed by atoms with van der Waals surface area (Å²) in [7, 11) is 0. The molecule has 5 nitrogen and oxygen atoms in total. The number of benzene rings is 4. The van der Waals surface area contributed by atoms with Gasteiger partial charge in [0.15, 0.2) is 0 Å². The fourth-order valence-corrected chi connectivity index (χ4v) is 4.72. The first-order chi connectivity index (χ1) is 17.8. The van der Waals surface area contributed by atoms with E-state index in [-0.39, 0.29) is 11.3 Å². The lowest BCUT2D eigenvalue weighted by Gasteiger charge is -2.26. The van der Waals surface area contributed by atoms with Gasteiger partial charge in [0.05, 0.1) is 18.2 Å². The van der Waals surface area contributed by atoms with Crippen molar-refractivity contribution in [1.29, 1.82) is 0 Å². The van der Waals surface area contributed by atoms with Crippen molar-refractivity contribution in [3.63, 3.8) is 0 Å². The predicted octanol–water partition coefficient (Wildman–Crippen LogP) is 6.81. The molecule has 1 fully saturated rings. The van der Waals surface area contributed by atoms with E-state index in [4.69, 9.17) is 4.74 Å². The van der Waals surface area contributed by atoms with Crippen LogP contribution in [0.1, 0.15) is 36.6 Å². The molecule has 5 rings (SSSR count). The molecule has 0 bridgehead atoms. The van der Waals surface area contributed by atoms with Gasteiger partial charge in [0, 0.05) is 11.3 Å². The molecule has 4 aromatic rings. The van der Waals surface area contributed by atoms with Crippen LogP contribution < -0.4 is 9.64 Å². The molecule has 0 aromatic heterocycles. The number of amides is 1. The number of hydrogen-bond acceptors (Lipinski definition) is 4. The highest BCUT2D eigenvalue weighted by Gasteiger charge is 2.47. The average molecular weight is 492 g/mol. The SMILES string of the molecule is Cc1cccc(N2C(=O)C(=O)/C(=C(\O)c3ccc4ccccc4c3)C2c2cccc(OCC(C)C)c2)c1. The minimum absolute atomic E-state index is 0.0581. The number of carbonyl (C=O) groups is 2. The number of ketones is 1. The smallest absolute Gasteiger partial charge is 0.300 e. The number of ether oxygens (including phenoxy) is 1. The number of rotatable bonds is 6. The van der Waals surface area contributed by atoms with E-state index in [1.54, 1.807) is 12.1 Å². The summed E-state index contributed by atoms with van der Waals surface area (Å²) in [5, 5.41) is 13.5. The highest BCUT2D eigenvalue weighted by atomic mass is 16.5. The normalized spacial score (nSPS) is 17.1. The lowest BCUT2D eigenvalue weighted by molar-refractivity contribution is -0.132. The van der Waals surface area contributed by atoms with Gasteiger partial charge in [-0.3, -0.25) is 14.5 Å². The zero-order valence-electron chi connectivity index (χ0n) is 21.1. The third kappa shape index (κ3) is 4.73. The van der Waals surface area contributed by atoms with Crippen molar-refractivity contribution < 1.29 is 19.4 Å². The molecule has 1 atom stereocenters. The van der Waals surface area contributed by atoms with Crippen molar-refractivity contribution in [2.24, 2.45) is 5.92 Å². The van der Waals surface area contributed by atoms with Crippen molar-refractivity contribution >= 4 is 33.9 Å². The minimum Gasteiger partial charge on any atom is -0.507 e. The van der Waals surface area contributed by atoms with Crippen LogP contribution in [0.3, 0.4) is 0 Å². The molecule has 37 heavy (non-hydrogen) atoms. The maximum absolute atomic E-state index is 13.5. The van der Waals surface area contributed by atoms with E-state index in [0.717, 1.165) is 16.3 Å². The second kappa shape index (κ2) is 9.94. The number of nitrogens with zero attached hydrogens (tertiary/aromatic N) is 1. The van der Waals surface area contributed by atoms with Crippen LogP contribution in [0.2, 0.25) is 0 Å². The summed E-state index contributed by atoms with van der Waals surface area (Å²) >= 11 is 0. The van der Waals surface area contributed by atoms with E-state index in [1.807, 2.05) is 85.8 Å².